The molecule has 0 fully saturated rings. The molecule has 0 aromatic rings. The van der Waals surface area contributed by atoms with Gasteiger partial charge in [0.1, 0.15) is 4.62 Å². The first-order valence-corrected chi connectivity index (χ1v) is 2.86. The number of nitrogens with zero attached hydrogens (tertiary/aromatic N) is 2. The lowest BCUT2D eigenvalue weighted by atomic mass is 10.2. The van der Waals surface area contributed by atoms with Gasteiger partial charge in [-0.1, -0.05) is 6.92 Å². The van der Waals surface area contributed by atoms with Gasteiger partial charge in [0, 0.05) is 12.1 Å². The molecule has 0 saturated heterocycles. The summed E-state index contributed by atoms with van der Waals surface area (Å²) in [6.07, 6.45) is 1.80. The maximum atomic E-state index is 3.72. The highest BCUT2D eigenvalue weighted by Crippen LogP contribution is 2.08. The fourth-order valence-corrected chi connectivity index (χ4v) is 0.551. The van der Waals surface area contributed by atoms with Gasteiger partial charge in [-0.25, -0.2) is 0 Å². The molecule has 0 aromatic heterocycles. The third-order valence-corrected chi connectivity index (χ3v) is 1.70. The van der Waals surface area contributed by atoms with Crippen molar-refractivity contribution in [1.82, 2.24) is 0 Å². The Labute approximate surface area is 50.5 Å². The zero-order chi connectivity index (χ0) is 5.28. The molecule has 1 rings (SSSR count). The van der Waals surface area contributed by atoms with Gasteiger partial charge in [0.2, 0.25) is 0 Å². The van der Waals surface area contributed by atoms with Crippen LogP contribution >= 0.6 is 15.9 Å². The van der Waals surface area contributed by atoms with Gasteiger partial charge < -0.3 is 0 Å². The van der Waals surface area contributed by atoms with Crippen LogP contribution in [0.25, 0.3) is 0 Å². The van der Waals surface area contributed by atoms with E-state index in [0.717, 1.165) is 4.62 Å². The topological polar surface area (TPSA) is 24.7 Å². The van der Waals surface area contributed by atoms with Crippen LogP contribution in [0.2, 0.25) is 0 Å². The molecular formula is C4H5BrN2. The first kappa shape index (κ1) is 4.97. The predicted octanol–water partition coefficient (Wildman–Crippen LogP) is 1.42. The van der Waals surface area contributed by atoms with E-state index in [0.29, 0.717) is 5.92 Å². The molecule has 0 aromatic carbocycles. The summed E-state index contributed by atoms with van der Waals surface area (Å²) in [5, 5.41) is 7.38. The van der Waals surface area contributed by atoms with Gasteiger partial charge in [-0.15, -0.1) is 5.10 Å². The Morgan fingerprint density at radius 1 is 1.86 bits per heavy atom. The molecule has 38 valence electrons. The van der Waals surface area contributed by atoms with Crippen molar-refractivity contribution in [3.8, 4) is 0 Å². The number of hydrogen-bond acceptors (Lipinski definition) is 2. The van der Waals surface area contributed by atoms with Crippen LogP contribution in [-0.2, 0) is 0 Å². The molecule has 0 saturated carbocycles. The van der Waals surface area contributed by atoms with Crippen molar-refractivity contribution in [2.45, 2.75) is 6.92 Å². The summed E-state index contributed by atoms with van der Waals surface area (Å²) in [6.45, 7) is 2.03. The van der Waals surface area contributed by atoms with Crippen molar-refractivity contribution in [3.63, 3.8) is 0 Å². The van der Waals surface area contributed by atoms with Crippen molar-refractivity contribution in [2.75, 3.05) is 0 Å². The Balaban J connectivity index is 2.69. The zero-order valence-corrected chi connectivity index (χ0v) is 5.51. The second-order valence-electron chi connectivity index (χ2n) is 1.48. The predicted molar refractivity (Wildman–Crippen MR) is 34.0 cm³/mol. The standard InChI is InChI=1S/C4H5BrN2/c1-3-2-6-7-4(3)5/h2-3H,1H3. The lowest BCUT2D eigenvalue weighted by molar-refractivity contribution is 1.14. The fourth-order valence-electron chi connectivity index (χ4n) is 0.341. The van der Waals surface area contributed by atoms with Crippen LogP contribution in [-0.4, -0.2) is 10.8 Å². The summed E-state index contributed by atoms with van der Waals surface area (Å²) < 4.78 is 0.924. The third-order valence-electron chi connectivity index (χ3n) is 0.819. The van der Waals surface area contributed by atoms with Crippen molar-refractivity contribution in [2.24, 2.45) is 16.1 Å². The smallest absolute Gasteiger partial charge is 0.114 e. The highest BCUT2D eigenvalue weighted by atomic mass is 79.9. The van der Waals surface area contributed by atoms with Crippen molar-refractivity contribution < 1.29 is 0 Å². The lowest BCUT2D eigenvalue weighted by Gasteiger charge is -1.88. The van der Waals surface area contributed by atoms with E-state index in [1.807, 2.05) is 6.92 Å². The largest absolute Gasteiger partial charge is 0.162 e. The highest BCUT2D eigenvalue weighted by Gasteiger charge is 2.07. The molecule has 0 spiro atoms. The Bertz CT molecular complexity index is 128. The SMILES string of the molecule is CC1C=NN=C1Br. The molecule has 0 amide bonds. The Morgan fingerprint density at radius 2 is 2.57 bits per heavy atom. The summed E-state index contributed by atoms with van der Waals surface area (Å²) in [7, 11) is 0. The summed E-state index contributed by atoms with van der Waals surface area (Å²) in [5.41, 5.74) is 0. The van der Waals surface area contributed by atoms with Crippen LogP contribution in [0.15, 0.2) is 10.2 Å². The molecule has 1 aliphatic heterocycles. The average molecular weight is 161 g/mol. The molecular weight excluding hydrogens is 156 g/mol. The number of halogens is 1. The number of rotatable bonds is 0. The Hall–Kier alpha value is -0.180. The van der Waals surface area contributed by atoms with E-state index in [9.17, 15) is 0 Å². The normalized spacial score (nSPS) is 28.3. The summed E-state index contributed by atoms with van der Waals surface area (Å²) in [5.74, 6) is 0.389. The number of hydrogen-bond donors (Lipinski definition) is 0. The van der Waals surface area contributed by atoms with Crippen molar-refractivity contribution in [1.29, 1.82) is 0 Å². The Morgan fingerprint density at radius 3 is 2.71 bits per heavy atom. The molecule has 0 radical (unpaired) electrons. The van der Waals surface area contributed by atoms with Crippen LogP contribution < -0.4 is 0 Å². The van der Waals surface area contributed by atoms with Gasteiger partial charge in [-0.2, -0.15) is 5.10 Å². The molecule has 7 heavy (non-hydrogen) atoms. The molecule has 1 aliphatic rings. The van der Waals surface area contributed by atoms with Crippen molar-refractivity contribution in [3.05, 3.63) is 0 Å². The average Bonchev–Trinajstić information content (AvgIpc) is 1.91. The van der Waals surface area contributed by atoms with Gasteiger partial charge in [0.15, 0.2) is 0 Å². The van der Waals surface area contributed by atoms with E-state index in [1.54, 1.807) is 6.21 Å². The zero-order valence-electron chi connectivity index (χ0n) is 3.93. The molecule has 3 heteroatoms. The maximum absolute atomic E-state index is 3.72. The first-order chi connectivity index (χ1) is 3.30. The molecule has 1 heterocycles. The summed E-state index contributed by atoms with van der Waals surface area (Å²) in [4.78, 5) is 0. The minimum absolute atomic E-state index is 0.389. The van der Waals surface area contributed by atoms with E-state index < -0.39 is 0 Å². The first-order valence-electron chi connectivity index (χ1n) is 2.07. The van der Waals surface area contributed by atoms with Crippen molar-refractivity contribution >= 4 is 26.8 Å². The van der Waals surface area contributed by atoms with Crippen LogP contribution in [0, 0.1) is 5.92 Å². The molecule has 1 unspecified atom stereocenters. The highest BCUT2D eigenvalue weighted by molar-refractivity contribution is 9.18. The molecule has 0 N–H and O–H groups in total. The summed E-state index contributed by atoms with van der Waals surface area (Å²) in [6, 6.07) is 0. The quantitative estimate of drug-likeness (QED) is 0.513. The van der Waals surface area contributed by atoms with E-state index in [1.165, 1.54) is 0 Å². The van der Waals surface area contributed by atoms with Gasteiger partial charge in [-0.3, -0.25) is 0 Å². The van der Waals surface area contributed by atoms with Crippen LogP contribution in [0.1, 0.15) is 6.92 Å². The van der Waals surface area contributed by atoms with E-state index >= 15 is 0 Å². The Kier molecular flexibility index (Phi) is 1.23. The fraction of sp³-hybridized carbons (Fsp3) is 0.500. The third kappa shape index (κ3) is 0.881. The van der Waals surface area contributed by atoms with E-state index in [2.05, 4.69) is 26.1 Å². The van der Waals surface area contributed by atoms with Gasteiger partial charge in [-0.05, 0) is 15.9 Å². The monoisotopic (exact) mass is 160 g/mol. The molecule has 2 nitrogen and oxygen atoms in total. The van der Waals surface area contributed by atoms with Crippen LogP contribution in [0.5, 0.6) is 0 Å². The lowest BCUT2D eigenvalue weighted by Crippen LogP contribution is -1.97. The van der Waals surface area contributed by atoms with Crippen LogP contribution in [0.3, 0.4) is 0 Å². The minimum atomic E-state index is 0.389. The molecule has 1 atom stereocenters. The maximum Gasteiger partial charge on any atom is 0.114 e. The second kappa shape index (κ2) is 1.74. The second-order valence-corrected chi connectivity index (χ2v) is 2.29. The van der Waals surface area contributed by atoms with Gasteiger partial charge in [0.05, 0.1) is 0 Å². The van der Waals surface area contributed by atoms with E-state index in [-0.39, 0.29) is 0 Å². The molecule has 0 bridgehead atoms. The van der Waals surface area contributed by atoms with Gasteiger partial charge >= 0.3 is 0 Å². The van der Waals surface area contributed by atoms with Crippen LogP contribution in [0.4, 0.5) is 0 Å². The molecule has 0 aliphatic carbocycles. The minimum Gasteiger partial charge on any atom is -0.162 e. The summed E-state index contributed by atoms with van der Waals surface area (Å²) >= 11 is 3.23. The van der Waals surface area contributed by atoms with Gasteiger partial charge in [0.25, 0.3) is 0 Å². The van der Waals surface area contributed by atoms with E-state index in [4.69, 9.17) is 0 Å².